The van der Waals surface area contributed by atoms with Crippen LogP contribution in [0.3, 0.4) is 0 Å². The number of fused-ring (bicyclic) bond motifs is 10. The summed E-state index contributed by atoms with van der Waals surface area (Å²) in [5.41, 5.74) is 17.1. The monoisotopic (exact) mass is 738 g/mol. The van der Waals surface area contributed by atoms with E-state index in [4.69, 9.17) is 4.42 Å². The van der Waals surface area contributed by atoms with Crippen molar-refractivity contribution in [1.82, 2.24) is 0 Å². The highest BCUT2D eigenvalue weighted by molar-refractivity contribution is 6.21. The Bertz CT molecular complexity index is 3410. The van der Waals surface area contributed by atoms with Crippen molar-refractivity contribution < 1.29 is 4.42 Å². The maximum absolute atomic E-state index is 6.12. The second kappa shape index (κ2) is 12.4. The van der Waals surface area contributed by atoms with Crippen molar-refractivity contribution in [3.63, 3.8) is 0 Å². The average Bonchev–Trinajstić information content (AvgIpc) is 3.76. The molecular formula is C57H38O. The summed E-state index contributed by atoms with van der Waals surface area (Å²) >= 11 is 0. The molecule has 1 heteroatoms. The Morgan fingerprint density at radius 1 is 0.328 bits per heavy atom. The highest BCUT2D eigenvalue weighted by Crippen LogP contribution is 2.52. The van der Waals surface area contributed by atoms with Gasteiger partial charge >= 0.3 is 0 Å². The summed E-state index contributed by atoms with van der Waals surface area (Å²) in [5.74, 6) is 0. The predicted molar refractivity (Wildman–Crippen MR) is 246 cm³/mol. The molecular weight excluding hydrogens is 701 g/mol. The largest absolute Gasteiger partial charge is 0.456 e. The van der Waals surface area contributed by atoms with E-state index in [9.17, 15) is 0 Å². The van der Waals surface area contributed by atoms with Crippen LogP contribution in [0.5, 0.6) is 0 Å². The Morgan fingerprint density at radius 3 is 1.60 bits per heavy atom. The summed E-state index contributed by atoms with van der Waals surface area (Å²) in [4.78, 5) is 0. The van der Waals surface area contributed by atoms with Crippen LogP contribution in [0, 0.1) is 0 Å². The molecule has 1 heterocycles. The van der Waals surface area contributed by atoms with Crippen LogP contribution in [0.15, 0.2) is 199 Å². The van der Waals surface area contributed by atoms with Gasteiger partial charge in [-0.1, -0.05) is 178 Å². The zero-order chi connectivity index (χ0) is 38.5. The molecule has 0 atom stereocenters. The van der Waals surface area contributed by atoms with Gasteiger partial charge in [0.15, 0.2) is 0 Å². The minimum Gasteiger partial charge on any atom is -0.456 e. The topological polar surface area (TPSA) is 13.1 Å². The first-order valence-corrected chi connectivity index (χ1v) is 20.2. The van der Waals surface area contributed by atoms with Gasteiger partial charge in [-0.25, -0.2) is 0 Å². The van der Waals surface area contributed by atoms with E-state index in [1.54, 1.807) is 0 Å². The molecule has 0 saturated carbocycles. The summed E-state index contributed by atoms with van der Waals surface area (Å²) in [6.07, 6.45) is 0. The fourth-order valence-corrected chi connectivity index (χ4v) is 10.1. The molecule has 0 fully saturated rings. The molecule has 1 aromatic heterocycles. The van der Waals surface area contributed by atoms with Crippen molar-refractivity contribution in [2.75, 3.05) is 0 Å². The molecule has 0 unspecified atom stereocenters. The summed E-state index contributed by atoms with van der Waals surface area (Å²) in [6, 6.07) is 71.5. The highest BCUT2D eigenvalue weighted by Gasteiger charge is 2.37. The van der Waals surface area contributed by atoms with E-state index in [1.807, 2.05) is 12.1 Å². The van der Waals surface area contributed by atoms with E-state index >= 15 is 0 Å². The first-order valence-electron chi connectivity index (χ1n) is 20.2. The summed E-state index contributed by atoms with van der Waals surface area (Å²) < 4.78 is 6.12. The lowest BCUT2D eigenvalue weighted by Gasteiger charge is -2.23. The number of hydrogen-bond acceptors (Lipinski definition) is 1. The van der Waals surface area contributed by atoms with Crippen LogP contribution in [0.2, 0.25) is 0 Å². The molecule has 0 spiro atoms. The number of para-hydroxylation sites is 1. The van der Waals surface area contributed by atoms with E-state index in [1.165, 1.54) is 99.1 Å². The molecule has 0 bridgehead atoms. The molecule has 0 radical (unpaired) electrons. The Labute approximate surface area is 337 Å². The van der Waals surface area contributed by atoms with Gasteiger partial charge in [0.05, 0.1) is 0 Å². The van der Waals surface area contributed by atoms with Gasteiger partial charge in [0.2, 0.25) is 0 Å². The van der Waals surface area contributed by atoms with Crippen LogP contribution in [0.25, 0.3) is 110 Å². The van der Waals surface area contributed by atoms with E-state index < -0.39 is 0 Å². The second-order valence-corrected chi connectivity index (χ2v) is 16.4. The van der Waals surface area contributed by atoms with Gasteiger partial charge in [-0.2, -0.15) is 0 Å². The number of furan rings is 1. The zero-order valence-corrected chi connectivity index (χ0v) is 32.4. The van der Waals surface area contributed by atoms with Crippen molar-refractivity contribution in [1.29, 1.82) is 0 Å². The molecule has 1 aliphatic rings. The number of hydrogen-bond donors (Lipinski definition) is 0. The average molecular weight is 739 g/mol. The molecule has 0 N–H and O–H groups in total. The second-order valence-electron chi connectivity index (χ2n) is 16.4. The standard InChI is InChI=1S/C57H38O/c1-57(2)51-30-27-40(33-49(51)48-29-26-36-12-3-4-15-42(36)56(48)57)38-13-11-14-41(32-38)55-46-19-7-5-17-44(46)54(45-18-6-8-20-47(45)55)37-24-22-35(23-25-37)39-28-31-53-50(34-39)43-16-9-10-21-52(43)58-53/h3-34H,1-2H3. The van der Waals surface area contributed by atoms with Crippen molar-refractivity contribution in [3.8, 4) is 55.6 Å². The normalized spacial score (nSPS) is 13.1. The third-order valence-corrected chi connectivity index (χ3v) is 12.8. The molecule has 272 valence electrons. The first kappa shape index (κ1) is 33.0. The summed E-state index contributed by atoms with van der Waals surface area (Å²) in [7, 11) is 0. The molecule has 10 aromatic carbocycles. The van der Waals surface area contributed by atoms with Crippen LogP contribution >= 0.6 is 0 Å². The van der Waals surface area contributed by atoms with Crippen molar-refractivity contribution in [2.24, 2.45) is 0 Å². The van der Waals surface area contributed by atoms with Gasteiger partial charge in [-0.3, -0.25) is 0 Å². The first-order chi connectivity index (χ1) is 28.5. The highest BCUT2D eigenvalue weighted by atomic mass is 16.3. The third kappa shape index (κ3) is 4.83. The van der Waals surface area contributed by atoms with Crippen molar-refractivity contribution >= 4 is 54.3 Å². The lowest BCUT2D eigenvalue weighted by atomic mass is 9.80. The van der Waals surface area contributed by atoms with E-state index in [2.05, 4.69) is 196 Å². The van der Waals surface area contributed by atoms with Crippen LogP contribution in [-0.4, -0.2) is 0 Å². The molecule has 1 aliphatic carbocycles. The lowest BCUT2D eigenvalue weighted by molar-refractivity contribution is 0.666. The van der Waals surface area contributed by atoms with Crippen molar-refractivity contribution in [2.45, 2.75) is 19.3 Å². The molecule has 1 nitrogen and oxygen atoms in total. The molecule has 11 aromatic rings. The summed E-state index contributed by atoms with van der Waals surface area (Å²) in [6.45, 7) is 4.75. The van der Waals surface area contributed by atoms with Gasteiger partial charge in [0.25, 0.3) is 0 Å². The Hall–Kier alpha value is -7.22. The van der Waals surface area contributed by atoms with Crippen LogP contribution in [0.4, 0.5) is 0 Å². The Morgan fingerprint density at radius 2 is 0.862 bits per heavy atom. The van der Waals surface area contributed by atoms with Crippen molar-refractivity contribution in [3.05, 3.63) is 205 Å². The molecule has 0 aliphatic heterocycles. The molecule has 0 saturated heterocycles. The van der Waals surface area contributed by atoms with Gasteiger partial charge < -0.3 is 4.42 Å². The lowest BCUT2D eigenvalue weighted by Crippen LogP contribution is -2.15. The fourth-order valence-electron chi connectivity index (χ4n) is 10.1. The quantitative estimate of drug-likeness (QED) is 0.164. The third-order valence-electron chi connectivity index (χ3n) is 12.8. The predicted octanol–water partition coefficient (Wildman–Crippen LogP) is 16.0. The molecule has 0 amide bonds. The van der Waals surface area contributed by atoms with Crippen LogP contribution in [0.1, 0.15) is 25.0 Å². The van der Waals surface area contributed by atoms with Gasteiger partial charge in [-0.15, -0.1) is 0 Å². The maximum atomic E-state index is 6.12. The van der Waals surface area contributed by atoms with Gasteiger partial charge in [-0.05, 0) is 129 Å². The minimum absolute atomic E-state index is 0.0737. The summed E-state index contributed by atoms with van der Waals surface area (Å²) in [5, 5.41) is 9.97. The van der Waals surface area contributed by atoms with Crippen LogP contribution in [-0.2, 0) is 5.41 Å². The molecule has 58 heavy (non-hydrogen) atoms. The van der Waals surface area contributed by atoms with E-state index in [0.29, 0.717) is 0 Å². The number of benzene rings is 10. The van der Waals surface area contributed by atoms with Gasteiger partial charge in [0, 0.05) is 16.2 Å². The fraction of sp³-hybridized carbons (Fsp3) is 0.0526. The smallest absolute Gasteiger partial charge is 0.135 e. The minimum atomic E-state index is -0.0737. The van der Waals surface area contributed by atoms with E-state index in [-0.39, 0.29) is 5.41 Å². The Kier molecular flexibility index (Phi) is 7.04. The SMILES string of the molecule is CC1(C)c2ccc(-c3cccc(-c4c5ccccc5c(-c5ccc(-c6ccc7oc8ccccc8c7c6)cc5)c5ccccc45)c3)cc2-c2ccc3ccccc3c21. The van der Waals surface area contributed by atoms with Gasteiger partial charge in [0.1, 0.15) is 11.2 Å². The number of rotatable bonds is 4. The molecule has 12 rings (SSSR count). The maximum Gasteiger partial charge on any atom is 0.135 e. The van der Waals surface area contributed by atoms with E-state index in [0.717, 1.165) is 21.9 Å². The zero-order valence-electron chi connectivity index (χ0n) is 32.4. The van der Waals surface area contributed by atoms with Crippen LogP contribution < -0.4 is 0 Å². The Balaban J connectivity index is 0.973.